The number of imide groups is 1. The van der Waals surface area contributed by atoms with Crippen molar-refractivity contribution in [3.05, 3.63) is 35.4 Å². The summed E-state index contributed by atoms with van der Waals surface area (Å²) in [5, 5.41) is 4.97. The molecule has 1 aliphatic heterocycles. The Labute approximate surface area is 104 Å². The van der Waals surface area contributed by atoms with Gasteiger partial charge in [0.25, 0.3) is 5.91 Å². The van der Waals surface area contributed by atoms with Crippen molar-refractivity contribution in [1.82, 2.24) is 15.5 Å². The van der Waals surface area contributed by atoms with Crippen LogP contribution in [0.4, 0.5) is 4.79 Å². The topological polar surface area (TPSA) is 78.5 Å². The van der Waals surface area contributed by atoms with Crippen LogP contribution in [0.15, 0.2) is 24.3 Å². The maximum Gasteiger partial charge on any atom is 0.324 e. The van der Waals surface area contributed by atoms with Gasteiger partial charge in [0, 0.05) is 12.6 Å². The third-order valence-corrected chi connectivity index (χ3v) is 2.75. The van der Waals surface area contributed by atoms with Gasteiger partial charge in [-0.1, -0.05) is 18.2 Å². The van der Waals surface area contributed by atoms with Crippen molar-refractivity contribution in [2.75, 3.05) is 13.6 Å². The van der Waals surface area contributed by atoms with Crippen molar-refractivity contribution >= 4 is 17.8 Å². The van der Waals surface area contributed by atoms with Gasteiger partial charge in [0.2, 0.25) is 5.91 Å². The summed E-state index contributed by atoms with van der Waals surface area (Å²) in [5.74, 6) is -0.524. The molecule has 1 saturated heterocycles. The molecule has 1 fully saturated rings. The van der Waals surface area contributed by atoms with Crippen molar-refractivity contribution in [2.24, 2.45) is 0 Å². The average Bonchev–Trinajstić information content (AvgIpc) is 2.70. The van der Waals surface area contributed by atoms with E-state index in [1.807, 2.05) is 0 Å². The molecule has 1 aromatic carbocycles. The fraction of sp³-hybridized carbons (Fsp3) is 0.250. The van der Waals surface area contributed by atoms with Gasteiger partial charge in [0.1, 0.15) is 0 Å². The number of carbonyl (C=O) groups excluding carboxylic acids is 3. The Hall–Kier alpha value is -2.37. The number of hydrogen-bond donors (Lipinski definition) is 2. The number of carbonyl (C=O) groups is 3. The van der Waals surface area contributed by atoms with E-state index in [1.165, 1.54) is 7.05 Å². The Morgan fingerprint density at radius 3 is 2.72 bits per heavy atom. The summed E-state index contributed by atoms with van der Waals surface area (Å²) in [5.41, 5.74) is 1.11. The van der Waals surface area contributed by atoms with Gasteiger partial charge in [-0.3, -0.25) is 14.5 Å². The van der Waals surface area contributed by atoms with Gasteiger partial charge in [-0.2, -0.15) is 0 Å². The highest BCUT2D eigenvalue weighted by Gasteiger charge is 2.29. The summed E-state index contributed by atoms with van der Waals surface area (Å²) in [6.07, 6.45) is 0. The van der Waals surface area contributed by atoms with E-state index in [2.05, 4.69) is 10.6 Å². The van der Waals surface area contributed by atoms with E-state index in [1.54, 1.807) is 24.3 Å². The molecule has 0 saturated carbocycles. The lowest BCUT2D eigenvalue weighted by Gasteiger charge is -2.14. The molecule has 6 nitrogen and oxygen atoms in total. The maximum atomic E-state index is 11.7. The number of amides is 4. The lowest BCUT2D eigenvalue weighted by Crippen LogP contribution is -2.31. The first-order valence-corrected chi connectivity index (χ1v) is 5.51. The maximum absolute atomic E-state index is 11.7. The van der Waals surface area contributed by atoms with Gasteiger partial charge in [0.15, 0.2) is 0 Å². The van der Waals surface area contributed by atoms with Crippen LogP contribution >= 0.6 is 0 Å². The molecule has 94 valence electrons. The number of urea groups is 1. The van der Waals surface area contributed by atoms with Crippen LogP contribution in [0.25, 0.3) is 0 Å². The first-order chi connectivity index (χ1) is 8.63. The summed E-state index contributed by atoms with van der Waals surface area (Å²) in [6.45, 7) is 0.120. The van der Waals surface area contributed by atoms with Crippen LogP contribution in [-0.2, 0) is 11.3 Å². The van der Waals surface area contributed by atoms with E-state index in [9.17, 15) is 14.4 Å². The van der Waals surface area contributed by atoms with E-state index in [4.69, 9.17) is 0 Å². The van der Waals surface area contributed by atoms with Crippen molar-refractivity contribution in [3.63, 3.8) is 0 Å². The molecule has 1 aliphatic rings. The second kappa shape index (κ2) is 4.87. The van der Waals surface area contributed by atoms with Gasteiger partial charge in [-0.25, -0.2) is 4.79 Å². The van der Waals surface area contributed by atoms with Crippen LogP contribution in [0, 0.1) is 0 Å². The Morgan fingerprint density at radius 1 is 1.39 bits per heavy atom. The van der Waals surface area contributed by atoms with Crippen molar-refractivity contribution in [1.29, 1.82) is 0 Å². The second-order valence-corrected chi connectivity index (χ2v) is 3.87. The molecular weight excluding hydrogens is 234 g/mol. The largest absolute Gasteiger partial charge is 0.355 e. The standard InChI is InChI=1S/C12H13N3O3/c1-13-11(17)9-5-3-2-4-8(9)7-15-10(16)6-14-12(15)18/h2-5H,6-7H2,1H3,(H,13,17)(H,14,18). The quantitative estimate of drug-likeness (QED) is 0.743. The summed E-state index contributed by atoms with van der Waals surface area (Å²) in [4.78, 5) is 35.7. The fourth-order valence-corrected chi connectivity index (χ4v) is 1.80. The number of hydrogen-bond acceptors (Lipinski definition) is 3. The molecule has 1 heterocycles. The minimum atomic E-state index is -0.424. The normalized spacial score (nSPS) is 14.6. The highest BCUT2D eigenvalue weighted by molar-refractivity contribution is 6.02. The third-order valence-electron chi connectivity index (χ3n) is 2.75. The van der Waals surface area contributed by atoms with Crippen LogP contribution in [0.5, 0.6) is 0 Å². The number of rotatable bonds is 3. The Bertz CT molecular complexity index is 497. The first kappa shape index (κ1) is 12.1. The predicted octanol–water partition coefficient (Wildman–Crippen LogP) is 0.0980. The van der Waals surface area contributed by atoms with Crippen molar-refractivity contribution < 1.29 is 14.4 Å². The van der Waals surface area contributed by atoms with Crippen molar-refractivity contribution in [2.45, 2.75) is 6.54 Å². The summed E-state index contributed by atoms with van der Waals surface area (Å²) in [6, 6.07) is 6.46. The van der Waals surface area contributed by atoms with Gasteiger partial charge >= 0.3 is 6.03 Å². The zero-order valence-electron chi connectivity index (χ0n) is 9.90. The molecule has 0 aromatic heterocycles. The summed E-state index contributed by atoms with van der Waals surface area (Å²) < 4.78 is 0. The molecule has 0 atom stereocenters. The van der Waals surface area contributed by atoms with Crippen LogP contribution < -0.4 is 10.6 Å². The Morgan fingerprint density at radius 2 is 2.11 bits per heavy atom. The number of nitrogens with one attached hydrogen (secondary N) is 2. The third kappa shape index (κ3) is 2.17. The molecular formula is C12H13N3O3. The van der Waals surface area contributed by atoms with Crippen LogP contribution in [0.1, 0.15) is 15.9 Å². The van der Waals surface area contributed by atoms with Gasteiger partial charge < -0.3 is 10.6 Å². The lowest BCUT2D eigenvalue weighted by atomic mass is 10.1. The summed E-state index contributed by atoms with van der Waals surface area (Å²) >= 11 is 0. The van der Waals surface area contributed by atoms with E-state index in [-0.39, 0.29) is 24.9 Å². The van der Waals surface area contributed by atoms with Gasteiger partial charge in [-0.15, -0.1) is 0 Å². The predicted molar refractivity (Wildman–Crippen MR) is 63.8 cm³/mol. The summed E-state index contributed by atoms with van der Waals surface area (Å²) in [7, 11) is 1.53. The lowest BCUT2D eigenvalue weighted by molar-refractivity contribution is -0.125. The highest BCUT2D eigenvalue weighted by atomic mass is 16.2. The fourth-order valence-electron chi connectivity index (χ4n) is 1.80. The zero-order valence-corrected chi connectivity index (χ0v) is 9.90. The Kier molecular flexibility index (Phi) is 3.27. The van der Waals surface area contributed by atoms with Crippen LogP contribution in [0.2, 0.25) is 0 Å². The van der Waals surface area contributed by atoms with Crippen LogP contribution in [0.3, 0.4) is 0 Å². The van der Waals surface area contributed by atoms with Gasteiger partial charge in [0.05, 0.1) is 13.1 Å². The molecule has 0 radical (unpaired) electrons. The molecule has 0 spiro atoms. The molecule has 2 rings (SSSR count). The SMILES string of the molecule is CNC(=O)c1ccccc1CN1C(=O)CNC1=O. The molecule has 1 aromatic rings. The van der Waals surface area contributed by atoms with E-state index >= 15 is 0 Å². The molecule has 0 bridgehead atoms. The Balaban J connectivity index is 2.26. The second-order valence-electron chi connectivity index (χ2n) is 3.87. The molecule has 4 amide bonds. The highest BCUT2D eigenvalue weighted by Crippen LogP contribution is 2.13. The molecule has 18 heavy (non-hydrogen) atoms. The van der Waals surface area contributed by atoms with Crippen molar-refractivity contribution in [3.8, 4) is 0 Å². The number of nitrogens with zero attached hydrogens (tertiary/aromatic N) is 1. The molecule has 0 aliphatic carbocycles. The monoisotopic (exact) mass is 247 g/mol. The minimum Gasteiger partial charge on any atom is -0.355 e. The smallest absolute Gasteiger partial charge is 0.324 e. The van der Waals surface area contributed by atoms with E-state index in [0.717, 1.165) is 4.90 Å². The minimum absolute atomic E-state index is 0.0149. The van der Waals surface area contributed by atoms with Crippen LogP contribution in [-0.4, -0.2) is 36.3 Å². The van der Waals surface area contributed by atoms with E-state index in [0.29, 0.717) is 11.1 Å². The molecule has 6 heteroatoms. The molecule has 0 unspecified atom stereocenters. The van der Waals surface area contributed by atoms with E-state index < -0.39 is 6.03 Å². The zero-order chi connectivity index (χ0) is 13.1. The number of benzene rings is 1. The molecule has 2 N–H and O–H groups in total. The first-order valence-electron chi connectivity index (χ1n) is 5.51. The van der Waals surface area contributed by atoms with Gasteiger partial charge in [-0.05, 0) is 11.6 Å². The average molecular weight is 247 g/mol.